The second-order valence-corrected chi connectivity index (χ2v) is 6.62. The van der Waals surface area contributed by atoms with Crippen molar-refractivity contribution in [2.75, 3.05) is 19.0 Å². The number of hydrogen-bond donors (Lipinski definition) is 1. The van der Waals surface area contributed by atoms with Gasteiger partial charge in [0.05, 0.1) is 0 Å². The maximum absolute atomic E-state index is 4.64. The van der Waals surface area contributed by atoms with Crippen LogP contribution in [-0.2, 0) is 6.54 Å². The van der Waals surface area contributed by atoms with E-state index in [-0.39, 0.29) is 0 Å². The van der Waals surface area contributed by atoms with Crippen molar-refractivity contribution in [3.63, 3.8) is 0 Å². The van der Waals surface area contributed by atoms with Gasteiger partial charge in [-0.1, -0.05) is 19.8 Å². The predicted molar refractivity (Wildman–Crippen MR) is 84.5 cm³/mol. The van der Waals surface area contributed by atoms with Gasteiger partial charge >= 0.3 is 0 Å². The number of aromatic nitrogens is 1. The minimum Gasteiger partial charge on any atom is -0.356 e. The highest BCUT2D eigenvalue weighted by Gasteiger charge is 2.24. The molecule has 1 fully saturated rings. The maximum Gasteiger partial charge on any atom is 0.133 e. The quantitative estimate of drug-likeness (QED) is 0.917. The van der Waals surface area contributed by atoms with Gasteiger partial charge in [-0.25, -0.2) is 4.98 Å². The molecule has 2 rings (SSSR count). The van der Waals surface area contributed by atoms with Gasteiger partial charge in [-0.2, -0.15) is 0 Å². The Balaban J connectivity index is 2.19. The lowest BCUT2D eigenvalue weighted by molar-refractivity contribution is 0.335. The van der Waals surface area contributed by atoms with Crippen molar-refractivity contribution in [2.24, 2.45) is 5.92 Å². The first kappa shape index (κ1) is 14.8. The van der Waals surface area contributed by atoms with E-state index in [2.05, 4.69) is 51.2 Å². The Hall–Kier alpha value is -0.610. The number of rotatable bonds is 4. The Morgan fingerprint density at radius 2 is 2.26 bits per heavy atom. The normalized spacial score (nSPS) is 23.4. The molecular weight excluding hydrogens is 302 g/mol. The molecule has 19 heavy (non-hydrogen) atoms. The first-order valence-electron chi connectivity index (χ1n) is 7.13. The van der Waals surface area contributed by atoms with Crippen LogP contribution in [0, 0.1) is 5.92 Å². The molecule has 1 N–H and O–H groups in total. The number of hydrogen-bond acceptors (Lipinski definition) is 3. The van der Waals surface area contributed by atoms with Crippen LogP contribution >= 0.6 is 15.9 Å². The second-order valence-electron chi connectivity index (χ2n) is 5.70. The number of pyridine rings is 1. The third-order valence-electron chi connectivity index (χ3n) is 4.07. The molecule has 0 bridgehead atoms. The summed E-state index contributed by atoms with van der Waals surface area (Å²) >= 11 is 3.51. The Kier molecular flexibility index (Phi) is 5.22. The van der Waals surface area contributed by atoms with Crippen molar-refractivity contribution >= 4 is 21.7 Å². The fourth-order valence-electron chi connectivity index (χ4n) is 3.04. The summed E-state index contributed by atoms with van der Waals surface area (Å²) in [7, 11) is 4.17. The molecule has 1 heterocycles. The van der Waals surface area contributed by atoms with E-state index in [1.807, 2.05) is 13.2 Å². The zero-order chi connectivity index (χ0) is 13.8. The SMILES string of the molecule is CNCc1cc(Br)cnc1N(C)C1CCCC(C)C1. The monoisotopic (exact) mass is 325 g/mol. The summed E-state index contributed by atoms with van der Waals surface area (Å²) in [6, 6.07) is 2.80. The summed E-state index contributed by atoms with van der Waals surface area (Å²) in [5.74, 6) is 1.96. The summed E-state index contributed by atoms with van der Waals surface area (Å²) in [4.78, 5) is 7.02. The number of nitrogens with zero attached hydrogens (tertiary/aromatic N) is 2. The smallest absolute Gasteiger partial charge is 0.133 e. The first-order chi connectivity index (χ1) is 9.11. The molecule has 0 radical (unpaired) electrons. The molecule has 0 aromatic carbocycles. The van der Waals surface area contributed by atoms with Crippen molar-refractivity contribution < 1.29 is 0 Å². The summed E-state index contributed by atoms with van der Waals surface area (Å²) in [6.07, 6.45) is 7.19. The number of nitrogens with one attached hydrogen (secondary N) is 1. The van der Waals surface area contributed by atoms with Crippen molar-refractivity contribution in [3.8, 4) is 0 Å². The molecule has 1 aliphatic rings. The standard InChI is InChI=1S/C15H24BrN3/c1-11-5-4-6-14(7-11)19(3)15-12(9-17-2)8-13(16)10-18-15/h8,10-11,14,17H,4-7,9H2,1-3H3. The third kappa shape index (κ3) is 3.69. The summed E-state index contributed by atoms with van der Waals surface area (Å²) < 4.78 is 1.05. The van der Waals surface area contributed by atoms with Gasteiger partial charge in [-0.05, 0) is 47.8 Å². The van der Waals surface area contributed by atoms with Crippen molar-refractivity contribution in [1.82, 2.24) is 10.3 Å². The van der Waals surface area contributed by atoms with E-state index in [9.17, 15) is 0 Å². The van der Waals surface area contributed by atoms with Crippen molar-refractivity contribution in [2.45, 2.75) is 45.2 Å². The minimum absolute atomic E-state index is 0.632. The van der Waals surface area contributed by atoms with Gasteiger partial charge in [0.25, 0.3) is 0 Å². The van der Waals surface area contributed by atoms with E-state index in [1.54, 1.807) is 0 Å². The molecule has 0 aliphatic heterocycles. The first-order valence-corrected chi connectivity index (χ1v) is 7.93. The molecule has 1 aliphatic carbocycles. The molecule has 4 heteroatoms. The van der Waals surface area contributed by atoms with E-state index < -0.39 is 0 Å². The van der Waals surface area contributed by atoms with E-state index >= 15 is 0 Å². The fourth-order valence-corrected chi connectivity index (χ4v) is 3.42. The van der Waals surface area contributed by atoms with Gasteiger partial charge in [-0.15, -0.1) is 0 Å². The molecule has 106 valence electrons. The summed E-state index contributed by atoms with van der Waals surface area (Å²) in [5, 5.41) is 3.23. The fraction of sp³-hybridized carbons (Fsp3) is 0.667. The lowest BCUT2D eigenvalue weighted by Crippen LogP contribution is -2.36. The van der Waals surface area contributed by atoms with Crippen LogP contribution in [0.1, 0.15) is 38.2 Å². The Bertz CT molecular complexity index is 422. The van der Waals surface area contributed by atoms with E-state index in [0.717, 1.165) is 22.8 Å². The Morgan fingerprint density at radius 1 is 1.47 bits per heavy atom. The van der Waals surface area contributed by atoms with Gasteiger partial charge in [0.15, 0.2) is 0 Å². The highest BCUT2D eigenvalue weighted by molar-refractivity contribution is 9.10. The Labute approximate surface area is 124 Å². The van der Waals surface area contributed by atoms with Crippen LogP contribution in [0.15, 0.2) is 16.7 Å². The van der Waals surface area contributed by atoms with Crippen LogP contribution in [0.3, 0.4) is 0 Å². The number of halogens is 1. The molecule has 1 aromatic rings. The van der Waals surface area contributed by atoms with Crippen LogP contribution in [0.4, 0.5) is 5.82 Å². The molecular formula is C15H24BrN3. The molecule has 1 aromatic heterocycles. The molecule has 0 spiro atoms. The minimum atomic E-state index is 0.632. The van der Waals surface area contributed by atoms with Gasteiger partial charge < -0.3 is 10.2 Å². The molecule has 3 nitrogen and oxygen atoms in total. The average molecular weight is 326 g/mol. The topological polar surface area (TPSA) is 28.2 Å². The van der Waals surface area contributed by atoms with Gasteiger partial charge in [-0.3, -0.25) is 0 Å². The summed E-state index contributed by atoms with van der Waals surface area (Å²) in [6.45, 7) is 3.22. The lowest BCUT2D eigenvalue weighted by Gasteiger charge is -2.35. The average Bonchev–Trinajstić information content (AvgIpc) is 2.39. The number of anilines is 1. The molecule has 0 saturated heterocycles. The molecule has 1 saturated carbocycles. The molecule has 0 amide bonds. The van der Waals surface area contributed by atoms with Gasteiger partial charge in [0.2, 0.25) is 0 Å². The van der Waals surface area contributed by atoms with Crippen LogP contribution in [0.25, 0.3) is 0 Å². The van der Waals surface area contributed by atoms with Crippen molar-refractivity contribution in [3.05, 3.63) is 22.3 Å². The van der Waals surface area contributed by atoms with E-state index in [1.165, 1.54) is 31.2 Å². The second kappa shape index (κ2) is 6.71. The zero-order valence-electron chi connectivity index (χ0n) is 12.1. The maximum atomic E-state index is 4.64. The van der Waals surface area contributed by atoms with Crippen LogP contribution in [0.5, 0.6) is 0 Å². The lowest BCUT2D eigenvalue weighted by atomic mass is 9.86. The molecule has 2 unspecified atom stereocenters. The van der Waals surface area contributed by atoms with Crippen LogP contribution < -0.4 is 10.2 Å². The van der Waals surface area contributed by atoms with Gasteiger partial charge in [0.1, 0.15) is 5.82 Å². The van der Waals surface area contributed by atoms with Crippen molar-refractivity contribution in [1.29, 1.82) is 0 Å². The Morgan fingerprint density at radius 3 is 2.95 bits per heavy atom. The van der Waals surface area contributed by atoms with Crippen LogP contribution in [0.2, 0.25) is 0 Å². The highest BCUT2D eigenvalue weighted by Crippen LogP contribution is 2.30. The van der Waals surface area contributed by atoms with E-state index in [4.69, 9.17) is 0 Å². The molecule has 2 atom stereocenters. The predicted octanol–water partition coefficient (Wildman–Crippen LogP) is 3.58. The highest BCUT2D eigenvalue weighted by atomic mass is 79.9. The third-order valence-corrected chi connectivity index (χ3v) is 4.50. The van der Waals surface area contributed by atoms with Crippen LogP contribution in [-0.4, -0.2) is 25.1 Å². The summed E-state index contributed by atoms with van der Waals surface area (Å²) in [5.41, 5.74) is 1.26. The van der Waals surface area contributed by atoms with E-state index in [0.29, 0.717) is 6.04 Å². The zero-order valence-corrected chi connectivity index (χ0v) is 13.7. The van der Waals surface area contributed by atoms with Gasteiger partial charge in [0, 0.05) is 35.9 Å². The largest absolute Gasteiger partial charge is 0.356 e.